The molecule has 80 valence electrons. The molecule has 1 aromatic rings. The van der Waals surface area contributed by atoms with Crippen LogP contribution in [0, 0.1) is 5.92 Å². The fraction of sp³-hybridized carbons (Fsp3) is 0.462. The highest BCUT2D eigenvalue weighted by atomic mass is 16.4. The molecule has 0 amide bonds. The van der Waals surface area contributed by atoms with Crippen LogP contribution in [-0.2, 0) is 0 Å². The van der Waals surface area contributed by atoms with E-state index in [1.54, 1.807) is 0 Å². The first-order valence-electron chi connectivity index (χ1n) is 5.69. The zero-order chi connectivity index (χ0) is 10.5. The third-order valence-electron chi connectivity index (χ3n) is 3.17. The molecule has 0 radical (unpaired) electrons. The van der Waals surface area contributed by atoms with Crippen molar-refractivity contribution in [2.45, 2.75) is 32.1 Å². The molecule has 0 saturated heterocycles. The maximum Gasteiger partial charge on any atom is 0.0898 e. The Balaban J connectivity index is 2.17. The van der Waals surface area contributed by atoms with Crippen LogP contribution < -0.4 is 0 Å². The normalized spacial score (nSPS) is 19.1. The minimum absolute atomic E-state index is 0.450. The van der Waals surface area contributed by atoms with Crippen LogP contribution in [0.5, 0.6) is 0 Å². The van der Waals surface area contributed by atoms with E-state index in [1.807, 2.05) is 30.3 Å². The smallest absolute Gasteiger partial charge is 0.0898 e. The summed E-state index contributed by atoms with van der Waals surface area (Å²) in [4.78, 5) is 0. The van der Waals surface area contributed by atoms with Crippen LogP contribution in [0.2, 0.25) is 0 Å². The lowest BCUT2D eigenvalue weighted by Gasteiger charge is -2.22. The van der Waals surface area contributed by atoms with Gasteiger partial charge in [0.1, 0.15) is 0 Å². The maximum absolute atomic E-state index is 9.12. The van der Waals surface area contributed by atoms with Gasteiger partial charge in [-0.05, 0) is 18.4 Å². The number of rotatable bonds is 2. The summed E-state index contributed by atoms with van der Waals surface area (Å²) in [5.74, 6) is 0.450. The Kier molecular flexibility index (Phi) is 3.38. The molecule has 0 heterocycles. The second-order valence-electron chi connectivity index (χ2n) is 4.19. The Labute approximate surface area is 90.6 Å². The van der Waals surface area contributed by atoms with Gasteiger partial charge in [0, 0.05) is 5.92 Å². The molecule has 2 nitrogen and oxygen atoms in total. The molecule has 1 aliphatic rings. The van der Waals surface area contributed by atoms with E-state index >= 15 is 0 Å². The van der Waals surface area contributed by atoms with Crippen LogP contribution in [0.3, 0.4) is 0 Å². The van der Waals surface area contributed by atoms with Crippen molar-refractivity contribution in [3.63, 3.8) is 0 Å². The Bertz CT molecular complexity index is 326. The van der Waals surface area contributed by atoms with Crippen molar-refractivity contribution in [3.8, 4) is 0 Å². The van der Waals surface area contributed by atoms with Crippen molar-refractivity contribution in [3.05, 3.63) is 35.9 Å². The third-order valence-corrected chi connectivity index (χ3v) is 3.17. The molecule has 2 rings (SSSR count). The molecule has 1 N–H and O–H groups in total. The highest BCUT2D eigenvalue weighted by molar-refractivity contribution is 6.01. The first-order valence-corrected chi connectivity index (χ1v) is 5.69. The fourth-order valence-electron chi connectivity index (χ4n) is 2.36. The van der Waals surface area contributed by atoms with E-state index < -0.39 is 0 Å². The van der Waals surface area contributed by atoms with E-state index in [0.717, 1.165) is 24.1 Å². The van der Waals surface area contributed by atoms with Gasteiger partial charge in [0.15, 0.2) is 0 Å². The summed E-state index contributed by atoms with van der Waals surface area (Å²) >= 11 is 0. The molecule has 1 fully saturated rings. The molecule has 1 aromatic carbocycles. The van der Waals surface area contributed by atoms with E-state index in [0.29, 0.717) is 5.92 Å². The number of nitrogens with zero attached hydrogens (tertiary/aromatic N) is 1. The lowest BCUT2D eigenvalue weighted by atomic mass is 9.83. The first-order chi connectivity index (χ1) is 7.42. The van der Waals surface area contributed by atoms with Crippen molar-refractivity contribution in [2.24, 2.45) is 11.1 Å². The molecule has 0 aromatic heterocycles. The summed E-state index contributed by atoms with van der Waals surface area (Å²) in [6, 6.07) is 10.00. The molecule has 1 saturated carbocycles. The average molecular weight is 203 g/mol. The number of oxime groups is 1. The fourth-order valence-corrected chi connectivity index (χ4v) is 2.36. The third kappa shape index (κ3) is 2.38. The number of hydrogen-bond donors (Lipinski definition) is 1. The van der Waals surface area contributed by atoms with Crippen LogP contribution in [0.25, 0.3) is 0 Å². The largest absolute Gasteiger partial charge is 0.411 e. The zero-order valence-electron chi connectivity index (χ0n) is 8.89. The monoisotopic (exact) mass is 203 g/mol. The van der Waals surface area contributed by atoms with Gasteiger partial charge >= 0.3 is 0 Å². The Morgan fingerprint density at radius 3 is 2.33 bits per heavy atom. The van der Waals surface area contributed by atoms with E-state index in [9.17, 15) is 0 Å². The summed E-state index contributed by atoms with van der Waals surface area (Å²) in [5, 5.41) is 12.6. The van der Waals surface area contributed by atoms with Crippen LogP contribution >= 0.6 is 0 Å². The van der Waals surface area contributed by atoms with Gasteiger partial charge in [-0.2, -0.15) is 0 Å². The highest BCUT2D eigenvalue weighted by Crippen LogP contribution is 2.27. The molecule has 0 bridgehead atoms. The molecule has 1 aliphatic carbocycles. The van der Waals surface area contributed by atoms with Gasteiger partial charge in [-0.25, -0.2) is 0 Å². The Hall–Kier alpha value is -1.31. The van der Waals surface area contributed by atoms with Crippen LogP contribution in [0.4, 0.5) is 0 Å². The van der Waals surface area contributed by atoms with Crippen molar-refractivity contribution in [1.29, 1.82) is 0 Å². The molecule has 0 unspecified atom stereocenters. The second-order valence-corrected chi connectivity index (χ2v) is 4.19. The zero-order valence-corrected chi connectivity index (χ0v) is 8.89. The van der Waals surface area contributed by atoms with Crippen molar-refractivity contribution in [2.75, 3.05) is 0 Å². The quantitative estimate of drug-likeness (QED) is 0.445. The molecular formula is C13H17NO. The number of hydrogen-bond acceptors (Lipinski definition) is 2. The molecule has 0 atom stereocenters. The van der Waals surface area contributed by atoms with Crippen LogP contribution in [-0.4, -0.2) is 10.9 Å². The van der Waals surface area contributed by atoms with Gasteiger partial charge in [0.05, 0.1) is 5.71 Å². The molecule has 2 heteroatoms. The summed E-state index contributed by atoms with van der Waals surface area (Å²) in [7, 11) is 0. The van der Waals surface area contributed by atoms with Gasteiger partial charge in [0.2, 0.25) is 0 Å². The predicted octanol–water partition coefficient (Wildman–Crippen LogP) is 3.45. The highest BCUT2D eigenvalue weighted by Gasteiger charge is 2.20. The lowest BCUT2D eigenvalue weighted by Crippen LogP contribution is -2.18. The summed E-state index contributed by atoms with van der Waals surface area (Å²) in [6.45, 7) is 0. The maximum atomic E-state index is 9.12. The van der Waals surface area contributed by atoms with Gasteiger partial charge in [-0.15, -0.1) is 0 Å². The number of benzene rings is 1. The lowest BCUT2D eigenvalue weighted by molar-refractivity contribution is 0.310. The van der Waals surface area contributed by atoms with Crippen LogP contribution in [0.1, 0.15) is 37.7 Å². The van der Waals surface area contributed by atoms with E-state index in [2.05, 4.69) is 5.16 Å². The summed E-state index contributed by atoms with van der Waals surface area (Å²) in [5.41, 5.74) is 1.93. The molecule has 0 spiro atoms. The minimum atomic E-state index is 0.450. The summed E-state index contributed by atoms with van der Waals surface area (Å²) in [6.07, 6.45) is 6.17. The van der Waals surface area contributed by atoms with E-state index in [4.69, 9.17) is 5.21 Å². The van der Waals surface area contributed by atoms with Crippen molar-refractivity contribution < 1.29 is 5.21 Å². The predicted molar refractivity (Wildman–Crippen MR) is 61.3 cm³/mol. The first kappa shape index (κ1) is 10.2. The summed E-state index contributed by atoms with van der Waals surface area (Å²) < 4.78 is 0. The van der Waals surface area contributed by atoms with Gasteiger partial charge in [-0.1, -0.05) is 54.8 Å². The second kappa shape index (κ2) is 4.96. The Morgan fingerprint density at radius 2 is 1.73 bits per heavy atom. The van der Waals surface area contributed by atoms with E-state index in [-0.39, 0.29) is 0 Å². The van der Waals surface area contributed by atoms with Gasteiger partial charge in [0.25, 0.3) is 0 Å². The van der Waals surface area contributed by atoms with Gasteiger partial charge < -0.3 is 5.21 Å². The SMILES string of the molecule is ON=C(c1ccccc1)C1CCCCC1. The van der Waals surface area contributed by atoms with Crippen molar-refractivity contribution >= 4 is 5.71 Å². The molecule has 15 heavy (non-hydrogen) atoms. The van der Waals surface area contributed by atoms with Crippen LogP contribution in [0.15, 0.2) is 35.5 Å². The molecular weight excluding hydrogens is 186 g/mol. The standard InChI is InChI=1S/C13H17NO/c15-14-13(11-7-3-1-4-8-11)12-9-5-2-6-10-12/h1,3-4,7-8,12,15H,2,5-6,9-10H2. The topological polar surface area (TPSA) is 32.6 Å². The van der Waals surface area contributed by atoms with Gasteiger partial charge in [-0.3, -0.25) is 0 Å². The minimum Gasteiger partial charge on any atom is -0.411 e. The van der Waals surface area contributed by atoms with Crippen molar-refractivity contribution in [1.82, 2.24) is 0 Å². The van der Waals surface area contributed by atoms with E-state index in [1.165, 1.54) is 19.3 Å². The molecule has 0 aliphatic heterocycles. The average Bonchev–Trinajstić information content (AvgIpc) is 2.33. The Morgan fingerprint density at radius 1 is 1.07 bits per heavy atom.